The van der Waals surface area contributed by atoms with Crippen molar-refractivity contribution >= 4 is 0 Å². The van der Waals surface area contributed by atoms with E-state index >= 15 is 0 Å². The van der Waals surface area contributed by atoms with Crippen LogP contribution in [0.25, 0.3) is 0 Å². The average Bonchev–Trinajstić information content (AvgIpc) is 2.52. The summed E-state index contributed by atoms with van der Waals surface area (Å²) in [6.45, 7) is 2.21. The monoisotopic (exact) mass is 273 g/mol. The quantitative estimate of drug-likeness (QED) is 0.575. The van der Waals surface area contributed by atoms with Crippen LogP contribution < -0.4 is 0 Å². The summed E-state index contributed by atoms with van der Waals surface area (Å²) < 4.78 is 0. The summed E-state index contributed by atoms with van der Waals surface area (Å²) in [5, 5.41) is 8.99. The van der Waals surface area contributed by atoms with Crippen LogP contribution in [0.3, 0.4) is 0 Å². The SMILES string of the molecule is CC/C=C/CC[C@H]1CC[C@H]([C@H]2CC[C@H](C#N)CC2)CC1. The molecule has 0 aromatic carbocycles. The average molecular weight is 273 g/mol. The topological polar surface area (TPSA) is 23.8 Å². The van der Waals surface area contributed by atoms with Gasteiger partial charge in [-0.15, -0.1) is 0 Å². The zero-order chi connectivity index (χ0) is 14.2. The van der Waals surface area contributed by atoms with E-state index in [1.807, 2.05) is 0 Å². The van der Waals surface area contributed by atoms with E-state index in [0.717, 1.165) is 17.8 Å². The predicted molar refractivity (Wildman–Crippen MR) is 85.2 cm³/mol. The van der Waals surface area contributed by atoms with E-state index in [-0.39, 0.29) is 0 Å². The molecule has 0 spiro atoms. The molecule has 0 aromatic heterocycles. The van der Waals surface area contributed by atoms with Crippen molar-refractivity contribution in [1.29, 1.82) is 5.26 Å². The summed E-state index contributed by atoms with van der Waals surface area (Å²) in [5.41, 5.74) is 0. The molecule has 0 aliphatic heterocycles. The molecule has 2 aliphatic rings. The summed E-state index contributed by atoms with van der Waals surface area (Å²) in [4.78, 5) is 0. The van der Waals surface area contributed by atoms with Gasteiger partial charge in [-0.05, 0) is 75.5 Å². The largest absolute Gasteiger partial charge is 0.198 e. The molecular formula is C19H31N. The normalized spacial score (nSPS) is 35.0. The van der Waals surface area contributed by atoms with Gasteiger partial charge in [0.05, 0.1) is 6.07 Å². The van der Waals surface area contributed by atoms with Gasteiger partial charge in [-0.1, -0.05) is 31.9 Å². The first-order valence-electron chi connectivity index (χ1n) is 8.88. The third-order valence-electron chi connectivity index (χ3n) is 5.66. The number of nitrogens with zero attached hydrogens (tertiary/aromatic N) is 1. The van der Waals surface area contributed by atoms with Crippen molar-refractivity contribution < 1.29 is 0 Å². The van der Waals surface area contributed by atoms with Crippen molar-refractivity contribution in [3.8, 4) is 6.07 Å². The molecule has 0 amide bonds. The van der Waals surface area contributed by atoms with E-state index in [0.29, 0.717) is 5.92 Å². The minimum absolute atomic E-state index is 0.368. The van der Waals surface area contributed by atoms with Gasteiger partial charge in [0, 0.05) is 5.92 Å². The van der Waals surface area contributed by atoms with Crippen molar-refractivity contribution in [1.82, 2.24) is 0 Å². The zero-order valence-corrected chi connectivity index (χ0v) is 13.2. The van der Waals surface area contributed by atoms with E-state index in [1.54, 1.807) is 0 Å². The van der Waals surface area contributed by atoms with Gasteiger partial charge in [-0.25, -0.2) is 0 Å². The number of allylic oxidation sites excluding steroid dienone is 2. The molecule has 0 unspecified atom stereocenters. The molecule has 0 saturated heterocycles. The van der Waals surface area contributed by atoms with Crippen LogP contribution in [0, 0.1) is 35.0 Å². The lowest BCUT2D eigenvalue weighted by Crippen LogP contribution is -2.25. The van der Waals surface area contributed by atoms with Gasteiger partial charge in [0.25, 0.3) is 0 Å². The lowest BCUT2D eigenvalue weighted by atomic mass is 9.69. The molecule has 0 heterocycles. The molecular weight excluding hydrogens is 242 g/mol. The molecule has 1 nitrogen and oxygen atoms in total. The van der Waals surface area contributed by atoms with Crippen LogP contribution in [-0.2, 0) is 0 Å². The van der Waals surface area contributed by atoms with Crippen LogP contribution in [0.1, 0.15) is 77.6 Å². The molecule has 112 valence electrons. The van der Waals surface area contributed by atoms with E-state index < -0.39 is 0 Å². The Labute approximate surface area is 125 Å². The molecule has 1 heteroatoms. The highest BCUT2D eigenvalue weighted by atomic mass is 14.4. The van der Waals surface area contributed by atoms with Gasteiger partial charge in [-0.3, -0.25) is 0 Å². The third kappa shape index (κ3) is 4.65. The van der Waals surface area contributed by atoms with Crippen molar-refractivity contribution in [3.05, 3.63) is 12.2 Å². The fraction of sp³-hybridized carbons (Fsp3) is 0.842. The summed E-state index contributed by atoms with van der Waals surface area (Å²) in [5.74, 6) is 3.29. The predicted octanol–water partition coefficient (Wildman–Crippen LogP) is 5.87. The number of rotatable bonds is 5. The van der Waals surface area contributed by atoms with E-state index in [9.17, 15) is 0 Å². The lowest BCUT2D eigenvalue weighted by molar-refractivity contribution is 0.154. The lowest BCUT2D eigenvalue weighted by Gasteiger charge is -2.36. The maximum Gasteiger partial charge on any atom is 0.0655 e. The first kappa shape index (κ1) is 15.6. The molecule has 20 heavy (non-hydrogen) atoms. The molecule has 0 atom stereocenters. The highest BCUT2D eigenvalue weighted by Crippen LogP contribution is 2.42. The Bertz CT molecular complexity index is 322. The highest BCUT2D eigenvalue weighted by Gasteiger charge is 2.30. The van der Waals surface area contributed by atoms with Crippen molar-refractivity contribution in [3.63, 3.8) is 0 Å². The van der Waals surface area contributed by atoms with Crippen molar-refractivity contribution in [2.75, 3.05) is 0 Å². The Hall–Kier alpha value is -0.770. The summed E-state index contributed by atoms with van der Waals surface area (Å²) in [6, 6.07) is 2.46. The van der Waals surface area contributed by atoms with Crippen molar-refractivity contribution in [2.45, 2.75) is 77.6 Å². The summed E-state index contributed by atoms with van der Waals surface area (Å²) in [7, 11) is 0. The molecule has 0 radical (unpaired) electrons. The van der Waals surface area contributed by atoms with E-state index in [4.69, 9.17) is 5.26 Å². The second-order valence-electron chi connectivity index (χ2n) is 6.98. The van der Waals surface area contributed by atoms with Crippen LogP contribution in [0.4, 0.5) is 0 Å². The fourth-order valence-electron chi connectivity index (χ4n) is 4.28. The smallest absolute Gasteiger partial charge is 0.0655 e. The van der Waals surface area contributed by atoms with Crippen LogP contribution in [0.15, 0.2) is 12.2 Å². The first-order chi connectivity index (χ1) is 9.83. The first-order valence-corrected chi connectivity index (χ1v) is 8.88. The molecule has 2 aliphatic carbocycles. The van der Waals surface area contributed by atoms with Crippen LogP contribution in [0.2, 0.25) is 0 Å². The molecule has 2 rings (SSSR count). The summed E-state index contributed by atoms with van der Waals surface area (Å²) in [6.07, 6.45) is 19.4. The molecule has 0 bridgehead atoms. The standard InChI is InChI=1S/C19H31N/c1-2-3-4-5-6-16-7-11-18(12-8-16)19-13-9-17(15-20)10-14-19/h3-4,16-19H,2,5-14H2,1H3/b4-3+/t16-,17-,18-,19-. The molecule has 0 N–H and O–H groups in total. The van der Waals surface area contributed by atoms with Crippen LogP contribution in [-0.4, -0.2) is 0 Å². The second kappa shape index (κ2) is 8.50. The molecule has 0 aromatic rings. The summed E-state index contributed by atoms with van der Waals surface area (Å²) >= 11 is 0. The Morgan fingerprint density at radius 1 is 0.900 bits per heavy atom. The molecule has 2 fully saturated rings. The van der Waals surface area contributed by atoms with Crippen LogP contribution >= 0.6 is 0 Å². The van der Waals surface area contributed by atoms with Gasteiger partial charge in [-0.2, -0.15) is 5.26 Å². The molecule has 2 saturated carbocycles. The number of nitriles is 1. The Morgan fingerprint density at radius 3 is 2.05 bits per heavy atom. The van der Waals surface area contributed by atoms with E-state index in [1.165, 1.54) is 70.6 Å². The van der Waals surface area contributed by atoms with Crippen molar-refractivity contribution in [2.24, 2.45) is 23.7 Å². The maximum absolute atomic E-state index is 8.99. The maximum atomic E-state index is 8.99. The van der Waals surface area contributed by atoms with Gasteiger partial charge < -0.3 is 0 Å². The zero-order valence-electron chi connectivity index (χ0n) is 13.2. The number of hydrogen-bond acceptors (Lipinski definition) is 1. The van der Waals surface area contributed by atoms with Gasteiger partial charge in [0.1, 0.15) is 0 Å². The van der Waals surface area contributed by atoms with Crippen LogP contribution in [0.5, 0.6) is 0 Å². The Kier molecular flexibility index (Phi) is 6.64. The van der Waals surface area contributed by atoms with E-state index in [2.05, 4.69) is 25.1 Å². The minimum atomic E-state index is 0.368. The van der Waals surface area contributed by atoms with Gasteiger partial charge >= 0.3 is 0 Å². The highest BCUT2D eigenvalue weighted by molar-refractivity contribution is 4.90. The van der Waals surface area contributed by atoms with Gasteiger partial charge in [0.2, 0.25) is 0 Å². The number of hydrogen-bond donors (Lipinski definition) is 0. The minimum Gasteiger partial charge on any atom is -0.198 e. The second-order valence-corrected chi connectivity index (χ2v) is 6.98. The Balaban J connectivity index is 1.64. The fourth-order valence-corrected chi connectivity index (χ4v) is 4.28. The Morgan fingerprint density at radius 2 is 1.50 bits per heavy atom. The van der Waals surface area contributed by atoms with Gasteiger partial charge in [0.15, 0.2) is 0 Å². The third-order valence-corrected chi connectivity index (χ3v) is 5.66.